The molecule has 1 aromatic heterocycles. The number of urea groups is 1. The van der Waals surface area contributed by atoms with E-state index in [1.165, 1.54) is 0 Å². The van der Waals surface area contributed by atoms with Gasteiger partial charge < -0.3 is 20.1 Å². The summed E-state index contributed by atoms with van der Waals surface area (Å²) in [7, 11) is 1.61. The van der Waals surface area contributed by atoms with Gasteiger partial charge in [-0.1, -0.05) is 19.1 Å². The van der Waals surface area contributed by atoms with Crippen molar-refractivity contribution in [3.63, 3.8) is 0 Å². The molecule has 0 bridgehead atoms. The van der Waals surface area contributed by atoms with Crippen LogP contribution in [0, 0.1) is 0 Å². The first-order chi connectivity index (χ1) is 11.6. The number of rotatable bonds is 7. The number of carbonyl (C=O) groups is 1. The van der Waals surface area contributed by atoms with E-state index in [1.54, 1.807) is 25.4 Å². The van der Waals surface area contributed by atoms with E-state index in [1.807, 2.05) is 38.1 Å². The SMILES string of the molecule is CCC(C)NC(=O)NCc1ccc(Oc2cccc(OC)c2)nc1. The summed E-state index contributed by atoms with van der Waals surface area (Å²) in [6.07, 6.45) is 2.57. The average Bonchev–Trinajstić information content (AvgIpc) is 2.61. The van der Waals surface area contributed by atoms with E-state index in [4.69, 9.17) is 9.47 Å². The highest BCUT2D eigenvalue weighted by Crippen LogP contribution is 2.23. The van der Waals surface area contributed by atoms with Crippen molar-refractivity contribution in [2.45, 2.75) is 32.9 Å². The highest BCUT2D eigenvalue weighted by molar-refractivity contribution is 5.74. The Morgan fingerprint density at radius 3 is 2.71 bits per heavy atom. The van der Waals surface area contributed by atoms with Crippen LogP contribution in [0.15, 0.2) is 42.6 Å². The number of nitrogens with one attached hydrogen (secondary N) is 2. The summed E-state index contributed by atoms with van der Waals surface area (Å²) in [6, 6.07) is 10.9. The molecule has 0 spiro atoms. The van der Waals surface area contributed by atoms with E-state index in [9.17, 15) is 4.79 Å². The summed E-state index contributed by atoms with van der Waals surface area (Å²) in [5.41, 5.74) is 0.896. The second kappa shape index (κ2) is 8.76. The minimum absolute atomic E-state index is 0.154. The third kappa shape index (κ3) is 5.46. The lowest BCUT2D eigenvalue weighted by Gasteiger charge is -2.12. The molecule has 1 unspecified atom stereocenters. The predicted octanol–water partition coefficient (Wildman–Crippen LogP) is 3.48. The Balaban J connectivity index is 1.87. The molecule has 0 fully saturated rings. The van der Waals surface area contributed by atoms with E-state index in [2.05, 4.69) is 15.6 Å². The number of benzene rings is 1. The third-order valence-electron chi connectivity index (χ3n) is 3.50. The van der Waals surface area contributed by atoms with E-state index in [0.717, 1.165) is 17.7 Å². The van der Waals surface area contributed by atoms with Gasteiger partial charge in [0, 0.05) is 30.9 Å². The van der Waals surface area contributed by atoms with Crippen LogP contribution < -0.4 is 20.1 Å². The lowest BCUT2D eigenvalue weighted by atomic mass is 10.2. The summed E-state index contributed by atoms with van der Waals surface area (Å²) in [4.78, 5) is 15.9. The first kappa shape index (κ1) is 17.6. The fourth-order valence-corrected chi connectivity index (χ4v) is 1.92. The molecule has 0 radical (unpaired) electrons. The van der Waals surface area contributed by atoms with Gasteiger partial charge in [0.25, 0.3) is 0 Å². The Labute approximate surface area is 142 Å². The van der Waals surface area contributed by atoms with Crippen LogP contribution in [-0.2, 0) is 6.54 Å². The van der Waals surface area contributed by atoms with Crippen LogP contribution in [0.2, 0.25) is 0 Å². The molecule has 24 heavy (non-hydrogen) atoms. The van der Waals surface area contributed by atoms with Crippen LogP contribution in [0.3, 0.4) is 0 Å². The normalized spacial score (nSPS) is 11.5. The minimum atomic E-state index is -0.180. The number of aromatic nitrogens is 1. The summed E-state index contributed by atoms with van der Waals surface area (Å²) < 4.78 is 10.8. The van der Waals surface area contributed by atoms with Gasteiger partial charge in [-0.05, 0) is 31.0 Å². The van der Waals surface area contributed by atoms with Gasteiger partial charge in [-0.25, -0.2) is 9.78 Å². The third-order valence-corrected chi connectivity index (χ3v) is 3.50. The number of ether oxygens (including phenoxy) is 2. The van der Waals surface area contributed by atoms with Gasteiger partial charge in [-0.15, -0.1) is 0 Å². The van der Waals surface area contributed by atoms with Gasteiger partial charge in [0.05, 0.1) is 7.11 Å². The first-order valence-corrected chi connectivity index (χ1v) is 7.92. The maximum atomic E-state index is 11.7. The Hall–Kier alpha value is -2.76. The number of nitrogens with zero attached hydrogens (tertiary/aromatic N) is 1. The fraction of sp³-hybridized carbons (Fsp3) is 0.333. The van der Waals surface area contributed by atoms with Gasteiger partial charge in [0.1, 0.15) is 11.5 Å². The molecule has 6 heteroatoms. The van der Waals surface area contributed by atoms with Crippen molar-refractivity contribution in [2.75, 3.05) is 7.11 Å². The summed E-state index contributed by atoms with van der Waals surface area (Å²) in [6.45, 7) is 4.40. The molecule has 0 aliphatic rings. The molecule has 128 valence electrons. The van der Waals surface area contributed by atoms with Crippen molar-refractivity contribution in [1.82, 2.24) is 15.6 Å². The summed E-state index contributed by atoms with van der Waals surface area (Å²) >= 11 is 0. The topological polar surface area (TPSA) is 72.5 Å². The van der Waals surface area contributed by atoms with Crippen molar-refractivity contribution in [3.05, 3.63) is 48.2 Å². The van der Waals surface area contributed by atoms with E-state index < -0.39 is 0 Å². The highest BCUT2D eigenvalue weighted by Gasteiger charge is 2.05. The summed E-state index contributed by atoms with van der Waals surface area (Å²) in [5, 5.41) is 5.65. The van der Waals surface area contributed by atoms with Crippen molar-refractivity contribution in [3.8, 4) is 17.4 Å². The lowest BCUT2D eigenvalue weighted by Crippen LogP contribution is -2.40. The van der Waals surface area contributed by atoms with Crippen molar-refractivity contribution < 1.29 is 14.3 Å². The van der Waals surface area contributed by atoms with Crippen LogP contribution in [0.25, 0.3) is 0 Å². The lowest BCUT2D eigenvalue weighted by molar-refractivity contribution is 0.237. The number of hydrogen-bond donors (Lipinski definition) is 2. The molecule has 1 aromatic carbocycles. The molecular formula is C18H23N3O3. The molecule has 0 aliphatic heterocycles. The molecule has 0 saturated heterocycles. The number of hydrogen-bond acceptors (Lipinski definition) is 4. The van der Waals surface area contributed by atoms with E-state index in [0.29, 0.717) is 18.2 Å². The second-order valence-corrected chi connectivity index (χ2v) is 5.42. The maximum absolute atomic E-state index is 11.7. The molecule has 2 aromatic rings. The van der Waals surface area contributed by atoms with Crippen molar-refractivity contribution in [2.24, 2.45) is 0 Å². The number of carbonyl (C=O) groups excluding carboxylic acids is 1. The molecule has 0 aliphatic carbocycles. The van der Waals surface area contributed by atoms with Gasteiger partial charge in [0.15, 0.2) is 0 Å². The standard InChI is InChI=1S/C18H23N3O3/c1-4-13(2)21-18(22)20-12-14-8-9-17(19-11-14)24-16-7-5-6-15(10-16)23-3/h5-11,13H,4,12H2,1-3H3,(H2,20,21,22). The average molecular weight is 329 g/mol. The zero-order chi connectivity index (χ0) is 17.4. The van der Waals surface area contributed by atoms with Gasteiger partial charge in [-0.2, -0.15) is 0 Å². The van der Waals surface area contributed by atoms with E-state index >= 15 is 0 Å². The molecule has 0 saturated carbocycles. The van der Waals surface area contributed by atoms with Gasteiger partial charge in [0.2, 0.25) is 5.88 Å². The fourth-order valence-electron chi connectivity index (χ4n) is 1.92. The minimum Gasteiger partial charge on any atom is -0.497 e. The molecule has 2 amide bonds. The molecule has 1 heterocycles. The molecule has 6 nitrogen and oxygen atoms in total. The smallest absolute Gasteiger partial charge is 0.315 e. The van der Waals surface area contributed by atoms with Crippen LogP contribution in [-0.4, -0.2) is 24.2 Å². The Bertz CT molecular complexity index is 659. The largest absolute Gasteiger partial charge is 0.497 e. The molecule has 2 rings (SSSR count). The maximum Gasteiger partial charge on any atom is 0.315 e. The van der Waals surface area contributed by atoms with Crippen molar-refractivity contribution in [1.29, 1.82) is 0 Å². The van der Waals surface area contributed by atoms with Crippen LogP contribution in [0.1, 0.15) is 25.8 Å². The predicted molar refractivity (Wildman–Crippen MR) is 92.4 cm³/mol. The molecular weight excluding hydrogens is 306 g/mol. The Morgan fingerprint density at radius 1 is 1.25 bits per heavy atom. The van der Waals surface area contributed by atoms with E-state index in [-0.39, 0.29) is 12.1 Å². The number of amides is 2. The van der Waals surface area contributed by atoms with Crippen molar-refractivity contribution >= 4 is 6.03 Å². The van der Waals surface area contributed by atoms with Gasteiger partial charge >= 0.3 is 6.03 Å². The monoisotopic (exact) mass is 329 g/mol. The number of methoxy groups -OCH3 is 1. The van der Waals surface area contributed by atoms with Crippen LogP contribution in [0.4, 0.5) is 4.79 Å². The zero-order valence-corrected chi connectivity index (χ0v) is 14.2. The first-order valence-electron chi connectivity index (χ1n) is 7.92. The van der Waals surface area contributed by atoms with Crippen LogP contribution in [0.5, 0.6) is 17.4 Å². The zero-order valence-electron chi connectivity index (χ0n) is 14.2. The second-order valence-electron chi connectivity index (χ2n) is 5.42. The Morgan fingerprint density at radius 2 is 2.04 bits per heavy atom. The summed E-state index contributed by atoms with van der Waals surface area (Å²) in [5.74, 6) is 1.86. The quantitative estimate of drug-likeness (QED) is 0.816. The molecule has 1 atom stereocenters. The van der Waals surface area contributed by atoms with Crippen LogP contribution >= 0.6 is 0 Å². The Kier molecular flexibility index (Phi) is 6.42. The molecule has 2 N–H and O–H groups in total. The highest BCUT2D eigenvalue weighted by atomic mass is 16.5. The van der Waals surface area contributed by atoms with Gasteiger partial charge in [-0.3, -0.25) is 0 Å². The number of pyridine rings is 1.